The summed E-state index contributed by atoms with van der Waals surface area (Å²) < 4.78 is 6.74. The molecule has 2 amide bonds. The number of methoxy groups -OCH3 is 1. The molecule has 2 N–H and O–H groups in total. The summed E-state index contributed by atoms with van der Waals surface area (Å²) >= 11 is 12.2. The molecule has 1 atom stereocenters. The lowest BCUT2D eigenvalue weighted by Crippen LogP contribution is -2.36. The van der Waals surface area contributed by atoms with E-state index in [0.29, 0.717) is 22.2 Å². The molecule has 1 aromatic heterocycles. The number of anilines is 2. The van der Waals surface area contributed by atoms with Crippen LogP contribution in [0.15, 0.2) is 42.5 Å². The van der Waals surface area contributed by atoms with E-state index in [1.165, 1.54) is 0 Å². The number of nitrogens with one attached hydrogen (secondary N) is 2. The number of halogens is 2. The topological polar surface area (TPSA) is 85.2 Å². The van der Waals surface area contributed by atoms with Crippen LogP contribution in [0.2, 0.25) is 10.0 Å². The first-order valence-electron chi connectivity index (χ1n) is 9.17. The van der Waals surface area contributed by atoms with E-state index in [4.69, 9.17) is 27.9 Å². The summed E-state index contributed by atoms with van der Waals surface area (Å²) in [5.41, 5.74) is 2.67. The third-order valence-electron chi connectivity index (χ3n) is 4.95. The normalized spacial score (nSPS) is 15.3. The van der Waals surface area contributed by atoms with Gasteiger partial charge in [-0.2, -0.15) is 5.10 Å². The van der Waals surface area contributed by atoms with Gasteiger partial charge in [0, 0.05) is 11.1 Å². The van der Waals surface area contributed by atoms with Crippen molar-refractivity contribution in [2.45, 2.75) is 19.4 Å². The molecule has 0 saturated carbocycles. The smallest absolute Gasteiger partial charge is 0.249 e. The van der Waals surface area contributed by atoms with Gasteiger partial charge in [-0.1, -0.05) is 29.3 Å². The van der Waals surface area contributed by atoms with E-state index >= 15 is 0 Å². The molecule has 2 aromatic carbocycles. The van der Waals surface area contributed by atoms with Gasteiger partial charge < -0.3 is 15.4 Å². The Labute approximate surface area is 182 Å². The molecular formula is C21H18Cl2N4O3. The number of benzene rings is 2. The highest BCUT2D eigenvalue weighted by Gasteiger charge is 2.34. The molecular weight excluding hydrogens is 427 g/mol. The number of amides is 2. The molecule has 3 aromatic rings. The number of carbonyl (C=O) groups is 2. The number of aromatic nitrogens is 2. The van der Waals surface area contributed by atoms with Crippen molar-refractivity contribution in [1.29, 1.82) is 0 Å². The predicted molar refractivity (Wildman–Crippen MR) is 116 cm³/mol. The van der Waals surface area contributed by atoms with Crippen LogP contribution in [0.5, 0.6) is 5.75 Å². The molecule has 30 heavy (non-hydrogen) atoms. The summed E-state index contributed by atoms with van der Waals surface area (Å²) in [7, 11) is 1.60. The van der Waals surface area contributed by atoms with Gasteiger partial charge in [0.1, 0.15) is 17.6 Å². The van der Waals surface area contributed by atoms with Crippen molar-refractivity contribution in [3.05, 3.63) is 58.1 Å². The second kappa shape index (κ2) is 8.01. The number of carbonyl (C=O) groups excluding carboxylic acids is 2. The standard InChI is InChI=1S/C21H18Cl2N4O3/c1-11-19(12-6-8-13(30-2)9-7-12)26-27-16(10-17(28)25-20(11)27)21(29)24-15-5-3-4-14(22)18(15)23/h3-9,16H,10H2,1-2H3,(H,24,29)(H,25,28)/t16-/m0/s1. The fourth-order valence-electron chi connectivity index (χ4n) is 3.38. The summed E-state index contributed by atoms with van der Waals surface area (Å²) in [6, 6.07) is 11.5. The number of nitrogens with zero attached hydrogens (tertiary/aromatic N) is 2. The summed E-state index contributed by atoms with van der Waals surface area (Å²) in [6.45, 7) is 1.85. The Morgan fingerprint density at radius 3 is 2.67 bits per heavy atom. The average Bonchev–Trinajstić information content (AvgIpc) is 3.07. The quantitative estimate of drug-likeness (QED) is 0.610. The molecule has 0 unspecified atom stereocenters. The SMILES string of the molecule is COc1ccc(-c2nn3c(c2C)NC(=O)C[C@H]3C(=O)Nc2cccc(Cl)c2Cl)cc1. The molecule has 0 aliphatic carbocycles. The van der Waals surface area contributed by atoms with Crippen molar-refractivity contribution in [1.82, 2.24) is 9.78 Å². The van der Waals surface area contributed by atoms with E-state index in [1.807, 2.05) is 31.2 Å². The van der Waals surface area contributed by atoms with E-state index in [1.54, 1.807) is 30.0 Å². The zero-order valence-corrected chi connectivity index (χ0v) is 17.7. The van der Waals surface area contributed by atoms with Crippen molar-refractivity contribution in [2.75, 3.05) is 17.7 Å². The second-order valence-corrected chi connectivity index (χ2v) is 7.64. The molecule has 0 fully saturated rings. The zero-order valence-electron chi connectivity index (χ0n) is 16.2. The van der Waals surface area contributed by atoms with Crippen LogP contribution < -0.4 is 15.4 Å². The molecule has 9 heteroatoms. The first-order valence-corrected chi connectivity index (χ1v) is 9.93. The van der Waals surface area contributed by atoms with E-state index < -0.39 is 11.9 Å². The fraction of sp³-hybridized carbons (Fsp3) is 0.190. The molecule has 4 rings (SSSR count). The highest BCUT2D eigenvalue weighted by molar-refractivity contribution is 6.44. The second-order valence-electron chi connectivity index (χ2n) is 6.85. The summed E-state index contributed by atoms with van der Waals surface area (Å²) in [6.07, 6.45) is -0.0415. The van der Waals surface area contributed by atoms with E-state index in [9.17, 15) is 9.59 Å². The highest BCUT2D eigenvalue weighted by atomic mass is 35.5. The minimum Gasteiger partial charge on any atom is -0.497 e. The maximum absolute atomic E-state index is 13.0. The lowest BCUT2D eigenvalue weighted by Gasteiger charge is -2.24. The molecule has 2 heterocycles. The van der Waals surface area contributed by atoms with Crippen LogP contribution in [0.4, 0.5) is 11.5 Å². The molecule has 7 nitrogen and oxygen atoms in total. The van der Waals surface area contributed by atoms with Gasteiger partial charge in [-0.3, -0.25) is 9.59 Å². The van der Waals surface area contributed by atoms with Crippen molar-refractivity contribution in [2.24, 2.45) is 0 Å². The van der Waals surface area contributed by atoms with Crippen molar-refractivity contribution in [3.63, 3.8) is 0 Å². The number of ether oxygens (including phenoxy) is 1. The van der Waals surface area contributed by atoms with Gasteiger partial charge in [0.25, 0.3) is 0 Å². The third kappa shape index (κ3) is 3.62. The summed E-state index contributed by atoms with van der Waals surface area (Å²) in [5, 5.41) is 10.8. The Bertz CT molecular complexity index is 1140. The predicted octanol–water partition coefficient (Wildman–Crippen LogP) is 4.70. The first-order chi connectivity index (χ1) is 14.4. The van der Waals surface area contributed by atoms with Crippen LogP contribution in [0.3, 0.4) is 0 Å². The van der Waals surface area contributed by atoms with Crippen LogP contribution in [0, 0.1) is 6.92 Å². The Hall–Kier alpha value is -3.03. The maximum atomic E-state index is 13.0. The Balaban J connectivity index is 1.69. The van der Waals surface area contributed by atoms with Crippen LogP contribution >= 0.6 is 23.2 Å². The van der Waals surface area contributed by atoms with E-state index in [-0.39, 0.29) is 17.4 Å². The van der Waals surface area contributed by atoms with Gasteiger partial charge in [-0.15, -0.1) is 0 Å². The van der Waals surface area contributed by atoms with E-state index in [0.717, 1.165) is 16.9 Å². The first kappa shape index (κ1) is 20.3. The van der Waals surface area contributed by atoms with Gasteiger partial charge in [-0.25, -0.2) is 4.68 Å². The van der Waals surface area contributed by atoms with E-state index in [2.05, 4.69) is 15.7 Å². The van der Waals surface area contributed by atoms with Gasteiger partial charge in [-0.05, 0) is 43.3 Å². The number of hydrogen-bond acceptors (Lipinski definition) is 4. The van der Waals surface area contributed by atoms with Crippen LogP contribution in [-0.4, -0.2) is 28.7 Å². The minimum atomic E-state index is -0.825. The Morgan fingerprint density at radius 1 is 1.23 bits per heavy atom. The van der Waals surface area contributed by atoms with Crippen molar-refractivity contribution >= 4 is 46.5 Å². The molecule has 1 aliphatic heterocycles. The zero-order chi connectivity index (χ0) is 21.4. The fourth-order valence-corrected chi connectivity index (χ4v) is 3.73. The molecule has 154 valence electrons. The maximum Gasteiger partial charge on any atom is 0.249 e. The largest absolute Gasteiger partial charge is 0.497 e. The van der Waals surface area contributed by atoms with Crippen LogP contribution in [0.1, 0.15) is 18.0 Å². The number of rotatable bonds is 4. The van der Waals surface area contributed by atoms with Crippen LogP contribution in [0.25, 0.3) is 11.3 Å². The third-order valence-corrected chi connectivity index (χ3v) is 5.77. The number of hydrogen-bond donors (Lipinski definition) is 2. The molecule has 0 spiro atoms. The molecule has 0 radical (unpaired) electrons. The number of fused-ring (bicyclic) bond motifs is 1. The van der Waals surface area contributed by atoms with Gasteiger partial charge in [0.15, 0.2) is 0 Å². The minimum absolute atomic E-state index is 0.0415. The average molecular weight is 445 g/mol. The molecule has 0 saturated heterocycles. The highest BCUT2D eigenvalue weighted by Crippen LogP contribution is 2.36. The Morgan fingerprint density at radius 2 is 1.97 bits per heavy atom. The van der Waals surface area contributed by atoms with Crippen LogP contribution in [-0.2, 0) is 9.59 Å². The van der Waals surface area contributed by atoms with Crippen molar-refractivity contribution in [3.8, 4) is 17.0 Å². The van der Waals surface area contributed by atoms with Gasteiger partial charge in [0.05, 0.1) is 35.0 Å². The lowest BCUT2D eigenvalue weighted by molar-refractivity contribution is -0.125. The van der Waals surface area contributed by atoms with Gasteiger partial charge >= 0.3 is 0 Å². The molecule has 1 aliphatic rings. The molecule has 0 bridgehead atoms. The Kier molecular flexibility index (Phi) is 5.40. The van der Waals surface area contributed by atoms with Crippen molar-refractivity contribution < 1.29 is 14.3 Å². The monoisotopic (exact) mass is 444 g/mol. The summed E-state index contributed by atoms with van der Waals surface area (Å²) in [4.78, 5) is 25.3. The summed E-state index contributed by atoms with van der Waals surface area (Å²) in [5.74, 6) is 0.557. The lowest BCUT2D eigenvalue weighted by atomic mass is 10.1. The van der Waals surface area contributed by atoms with Gasteiger partial charge in [0.2, 0.25) is 11.8 Å².